The van der Waals surface area contributed by atoms with Crippen molar-refractivity contribution in [2.45, 2.75) is 45.1 Å². The zero-order valence-corrected chi connectivity index (χ0v) is 13.3. The minimum absolute atomic E-state index is 0.0590. The molecule has 0 aromatic carbocycles. The van der Waals surface area contributed by atoms with Crippen molar-refractivity contribution in [3.8, 4) is 0 Å². The number of allylic oxidation sites excluding steroid dienone is 1. The van der Waals surface area contributed by atoms with Gasteiger partial charge in [0, 0.05) is 12.5 Å². The molecule has 0 heterocycles. The lowest BCUT2D eigenvalue weighted by Crippen LogP contribution is -2.51. The van der Waals surface area contributed by atoms with Gasteiger partial charge in [0.2, 0.25) is 0 Å². The van der Waals surface area contributed by atoms with E-state index in [0.717, 1.165) is 38.6 Å². The van der Waals surface area contributed by atoms with E-state index in [-0.39, 0.29) is 24.0 Å². The van der Waals surface area contributed by atoms with Crippen LogP contribution in [0.1, 0.15) is 39.0 Å². The Hall–Kier alpha value is -0.380. The van der Waals surface area contributed by atoms with Crippen molar-refractivity contribution in [2.75, 3.05) is 27.2 Å². The largest absolute Gasteiger partial charge is 0.396 e. The maximum atomic E-state index is 10.2. The standard InChI is InChI=1S/C17H31NO2/c1-12-5-6-15-13(11-19)16(20)7-9-17(15,2)14(12)8-10-18(3)4/h13-16,19-20H,1,5-11H2,2-4H3. The second kappa shape index (κ2) is 6.17. The Kier molecular flexibility index (Phi) is 4.93. The molecular weight excluding hydrogens is 250 g/mol. The first-order valence-electron chi connectivity index (χ1n) is 8.01. The summed E-state index contributed by atoms with van der Waals surface area (Å²) in [7, 11) is 4.24. The van der Waals surface area contributed by atoms with E-state index in [0.29, 0.717) is 11.8 Å². The van der Waals surface area contributed by atoms with Crippen molar-refractivity contribution in [2.24, 2.45) is 23.2 Å². The molecule has 0 saturated heterocycles. The van der Waals surface area contributed by atoms with Crippen molar-refractivity contribution in [1.29, 1.82) is 0 Å². The lowest BCUT2D eigenvalue weighted by Gasteiger charge is -2.55. The highest BCUT2D eigenvalue weighted by Gasteiger charge is 2.51. The van der Waals surface area contributed by atoms with E-state index in [2.05, 4.69) is 32.5 Å². The lowest BCUT2D eigenvalue weighted by molar-refractivity contribution is -0.0952. The summed E-state index contributed by atoms with van der Waals surface area (Å²) in [5.74, 6) is 1.03. The highest BCUT2D eigenvalue weighted by Crippen LogP contribution is 2.57. The molecule has 20 heavy (non-hydrogen) atoms. The topological polar surface area (TPSA) is 43.7 Å². The highest BCUT2D eigenvalue weighted by atomic mass is 16.3. The summed E-state index contributed by atoms with van der Waals surface area (Å²) < 4.78 is 0. The van der Waals surface area contributed by atoms with Gasteiger partial charge in [-0.3, -0.25) is 0 Å². The van der Waals surface area contributed by atoms with E-state index in [1.165, 1.54) is 5.57 Å². The quantitative estimate of drug-likeness (QED) is 0.777. The van der Waals surface area contributed by atoms with Crippen molar-refractivity contribution >= 4 is 0 Å². The fourth-order valence-corrected chi connectivity index (χ4v) is 4.74. The van der Waals surface area contributed by atoms with E-state index in [1.807, 2.05) is 0 Å². The van der Waals surface area contributed by atoms with Crippen LogP contribution >= 0.6 is 0 Å². The zero-order chi connectivity index (χ0) is 14.9. The second-order valence-corrected chi connectivity index (χ2v) is 7.41. The van der Waals surface area contributed by atoms with Gasteiger partial charge in [0.15, 0.2) is 0 Å². The van der Waals surface area contributed by atoms with Crippen LogP contribution < -0.4 is 0 Å². The number of rotatable bonds is 4. The summed E-state index contributed by atoms with van der Waals surface area (Å²) >= 11 is 0. The van der Waals surface area contributed by atoms with Crippen LogP contribution in [-0.4, -0.2) is 48.5 Å². The summed E-state index contributed by atoms with van der Waals surface area (Å²) in [6.45, 7) is 7.91. The number of hydrogen-bond acceptors (Lipinski definition) is 3. The van der Waals surface area contributed by atoms with Crippen LogP contribution in [-0.2, 0) is 0 Å². The molecule has 0 aromatic rings. The van der Waals surface area contributed by atoms with Gasteiger partial charge in [-0.2, -0.15) is 0 Å². The summed E-state index contributed by atoms with van der Waals surface area (Å²) in [4.78, 5) is 2.24. The molecule has 3 nitrogen and oxygen atoms in total. The maximum Gasteiger partial charge on any atom is 0.0593 e. The molecule has 116 valence electrons. The molecular formula is C17H31NO2. The lowest BCUT2D eigenvalue weighted by atomic mass is 9.50. The van der Waals surface area contributed by atoms with Gasteiger partial charge in [-0.25, -0.2) is 0 Å². The average molecular weight is 281 g/mol. The second-order valence-electron chi connectivity index (χ2n) is 7.41. The number of aliphatic hydroxyl groups excluding tert-OH is 2. The first-order chi connectivity index (χ1) is 9.40. The first-order valence-corrected chi connectivity index (χ1v) is 8.01. The summed E-state index contributed by atoms with van der Waals surface area (Å²) in [6, 6.07) is 0. The minimum atomic E-state index is -0.320. The molecule has 0 radical (unpaired) electrons. The van der Waals surface area contributed by atoms with Gasteiger partial charge in [0.25, 0.3) is 0 Å². The molecule has 5 unspecified atom stereocenters. The molecule has 2 aliphatic carbocycles. The van der Waals surface area contributed by atoms with E-state index < -0.39 is 0 Å². The van der Waals surface area contributed by atoms with E-state index in [9.17, 15) is 10.2 Å². The van der Waals surface area contributed by atoms with E-state index in [4.69, 9.17) is 0 Å². The number of aliphatic hydroxyl groups is 2. The summed E-state index contributed by atoms with van der Waals surface area (Å²) in [5.41, 5.74) is 1.59. The van der Waals surface area contributed by atoms with Crippen LogP contribution in [0.3, 0.4) is 0 Å². The molecule has 2 fully saturated rings. The van der Waals surface area contributed by atoms with Crippen molar-refractivity contribution in [3.05, 3.63) is 12.2 Å². The van der Waals surface area contributed by atoms with Crippen LogP contribution in [0.15, 0.2) is 12.2 Å². The SMILES string of the molecule is C=C1CCC2C(CO)C(O)CCC2(C)C1CCN(C)C. The van der Waals surface area contributed by atoms with Gasteiger partial charge in [-0.1, -0.05) is 19.1 Å². The van der Waals surface area contributed by atoms with Gasteiger partial charge in [0.05, 0.1) is 6.10 Å². The van der Waals surface area contributed by atoms with Gasteiger partial charge in [-0.15, -0.1) is 0 Å². The smallest absolute Gasteiger partial charge is 0.0593 e. The predicted molar refractivity (Wildman–Crippen MR) is 82.4 cm³/mol. The molecule has 2 rings (SSSR count). The van der Waals surface area contributed by atoms with E-state index in [1.54, 1.807) is 0 Å². The predicted octanol–water partition coefficient (Wildman–Crippen LogP) is 2.29. The fourth-order valence-electron chi connectivity index (χ4n) is 4.74. The third-order valence-corrected chi connectivity index (χ3v) is 5.98. The molecule has 0 aliphatic heterocycles. The Morgan fingerprint density at radius 3 is 2.65 bits per heavy atom. The minimum Gasteiger partial charge on any atom is -0.396 e. The normalized spacial score (nSPS) is 41.8. The highest BCUT2D eigenvalue weighted by molar-refractivity contribution is 5.15. The summed E-state index contributed by atoms with van der Waals surface area (Å²) in [6.07, 6.45) is 4.85. The zero-order valence-electron chi connectivity index (χ0n) is 13.3. The Morgan fingerprint density at radius 1 is 1.35 bits per heavy atom. The molecule has 2 N–H and O–H groups in total. The average Bonchev–Trinajstić information content (AvgIpc) is 2.38. The molecule has 3 heteroatoms. The van der Waals surface area contributed by atoms with Crippen LogP contribution in [0.2, 0.25) is 0 Å². The van der Waals surface area contributed by atoms with Gasteiger partial charge in [-0.05, 0) is 70.0 Å². The van der Waals surface area contributed by atoms with Gasteiger partial charge >= 0.3 is 0 Å². The van der Waals surface area contributed by atoms with Crippen LogP contribution in [0.25, 0.3) is 0 Å². The van der Waals surface area contributed by atoms with Crippen LogP contribution in [0.4, 0.5) is 0 Å². The number of nitrogens with zero attached hydrogens (tertiary/aromatic N) is 1. The number of hydrogen-bond donors (Lipinski definition) is 2. The third kappa shape index (κ3) is 2.81. The fraction of sp³-hybridized carbons (Fsp3) is 0.882. The number of fused-ring (bicyclic) bond motifs is 1. The molecule has 5 atom stereocenters. The van der Waals surface area contributed by atoms with Gasteiger partial charge in [0.1, 0.15) is 0 Å². The molecule has 2 saturated carbocycles. The Bertz CT molecular complexity index is 355. The monoisotopic (exact) mass is 281 g/mol. The summed E-state index contributed by atoms with van der Waals surface area (Å²) in [5, 5.41) is 19.9. The molecule has 0 amide bonds. The molecule has 0 bridgehead atoms. The first kappa shape index (κ1) is 16.0. The van der Waals surface area contributed by atoms with Gasteiger partial charge < -0.3 is 15.1 Å². The van der Waals surface area contributed by atoms with Crippen LogP contribution in [0, 0.1) is 23.2 Å². The third-order valence-electron chi connectivity index (χ3n) is 5.98. The van der Waals surface area contributed by atoms with E-state index >= 15 is 0 Å². The van der Waals surface area contributed by atoms with Crippen molar-refractivity contribution in [3.63, 3.8) is 0 Å². The molecule has 0 spiro atoms. The molecule has 0 aromatic heterocycles. The Morgan fingerprint density at radius 2 is 2.05 bits per heavy atom. The Labute approximate surface area is 123 Å². The Balaban J connectivity index is 2.20. The van der Waals surface area contributed by atoms with Crippen molar-refractivity contribution < 1.29 is 10.2 Å². The molecule has 2 aliphatic rings. The maximum absolute atomic E-state index is 10.2. The van der Waals surface area contributed by atoms with Crippen LogP contribution in [0.5, 0.6) is 0 Å². The van der Waals surface area contributed by atoms with Crippen molar-refractivity contribution in [1.82, 2.24) is 4.90 Å².